The highest BCUT2D eigenvalue weighted by atomic mass is 35.5. The first kappa shape index (κ1) is 13.0. The summed E-state index contributed by atoms with van der Waals surface area (Å²) in [4.78, 5) is 0. The van der Waals surface area contributed by atoms with Crippen molar-refractivity contribution in [1.29, 1.82) is 0 Å². The molecule has 0 saturated carbocycles. The second-order valence-electron chi connectivity index (χ2n) is 4.12. The van der Waals surface area contributed by atoms with E-state index in [2.05, 4.69) is 0 Å². The Bertz CT molecular complexity index is 564. The molecule has 0 saturated heterocycles. The van der Waals surface area contributed by atoms with Crippen LogP contribution in [-0.2, 0) is 0 Å². The second-order valence-corrected chi connectivity index (χ2v) is 4.53. The molecular formula is C14H12ClF2N. The molecule has 0 heterocycles. The van der Waals surface area contributed by atoms with E-state index in [1.807, 2.05) is 0 Å². The fraction of sp³-hybridized carbons (Fsp3) is 0.143. The SMILES string of the molecule is Cc1cc(C(N)c2c(F)cccc2Cl)ccc1F. The number of hydrogen-bond acceptors (Lipinski definition) is 1. The molecular weight excluding hydrogens is 256 g/mol. The molecule has 2 aromatic rings. The first-order chi connectivity index (χ1) is 8.50. The van der Waals surface area contributed by atoms with Gasteiger partial charge in [0, 0.05) is 10.6 Å². The third kappa shape index (κ3) is 2.37. The van der Waals surface area contributed by atoms with Crippen LogP contribution in [0.25, 0.3) is 0 Å². The van der Waals surface area contributed by atoms with Gasteiger partial charge < -0.3 is 5.73 Å². The third-order valence-corrected chi connectivity index (χ3v) is 3.18. The molecule has 0 spiro atoms. The molecule has 0 aromatic heterocycles. The van der Waals surface area contributed by atoms with Gasteiger partial charge in [0.1, 0.15) is 11.6 Å². The average Bonchev–Trinajstić information content (AvgIpc) is 2.32. The van der Waals surface area contributed by atoms with E-state index >= 15 is 0 Å². The van der Waals surface area contributed by atoms with Crippen LogP contribution >= 0.6 is 11.6 Å². The van der Waals surface area contributed by atoms with Crippen LogP contribution in [-0.4, -0.2) is 0 Å². The summed E-state index contributed by atoms with van der Waals surface area (Å²) in [7, 11) is 0. The van der Waals surface area contributed by atoms with Crippen molar-refractivity contribution in [1.82, 2.24) is 0 Å². The van der Waals surface area contributed by atoms with E-state index in [4.69, 9.17) is 17.3 Å². The van der Waals surface area contributed by atoms with Crippen LogP contribution in [0.4, 0.5) is 8.78 Å². The Morgan fingerprint density at radius 1 is 1.11 bits per heavy atom. The zero-order valence-electron chi connectivity index (χ0n) is 9.75. The van der Waals surface area contributed by atoms with E-state index in [9.17, 15) is 8.78 Å². The quantitative estimate of drug-likeness (QED) is 0.875. The summed E-state index contributed by atoms with van der Waals surface area (Å²) < 4.78 is 26.9. The molecule has 2 N–H and O–H groups in total. The number of rotatable bonds is 2. The Morgan fingerprint density at radius 3 is 2.44 bits per heavy atom. The predicted molar refractivity (Wildman–Crippen MR) is 68.6 cm³/mol. The highest BCUT2D eigenvalue weighted by Crippen LogP contribution is 2.29. The van der Waals surface area contributed by atoms with Gasteiger partial charge in [-0.05, 0) is 36.2 Å². The van der Waals surface area contributed by atoms with E-state index in [1.54, 1.807) is 19.1 Å². The average molecular weight is 268 g/mol. The van der Waals surface area contributed by atoms with E-state index in [1.165, 1.54) is 24.3 Å². The lowest BCUT2D eigenvalue weighted by Gasteiger charge is -2.15. The smallest absolute Gasteiger partial charge is 0.129 e. The topological polar surface area (TPSA) is 26.0 Å². The first-order valence-corrected chi connectivity index (χ1v) is 5.84. The Kier molecular flexibility index (Phi) is 3.64. The number of hydrogen-bond donors (Lipinski definition) is 1. The van der Waals surface area contributed by atoms with Crippen molar-refractivity contribution in [2.45, 2.75) is 13.0 Å². The van der Waals surface area contributed by atoms with E-state index in [0.717, 1.165) is 0 Å². The highest BCUT2D eigenvalue weighted by Gasteiger charge is 2.17. The van der Waals surface area contributed by atoms with Crippen molar-refractivity contribution < 1.29 is 8.78 Å². The molecule has 0 amide bonds. The van der Waals surface area contributed by atoms with Crippen molar-refractivity contribution in [3.63, 3.8) is 0 Å². The molecule has 1 atom stereocenters. The van der Waals surface area contributed by atoms with Gasteiger partial charge >= 0.3 is 0 Å². The van der Waals surface area contributed by atoms with E-state index in [-0.39, 0.29) is 16.4 Å². The maximum atomic E-state index is 13.7. The van der Waals surface area contributed by atoms with Crippen molar-refractivity contribution >= 4 is 11.6 Å². The highest BCUT2D eigenvalue weighted by molar-refractivity contribution is 6.31. The van der Waals surface area contributed by atoms with E-state index < -0.39 is 11.9 Å². The number of aryl methyl sites for hydroxylation is 1. The summed E-state index contributed by atoms with van der Waals surface area (Å²) in [6, 6.07) is 8.15. The Morgan fingerprint density at radius 2 is 1.83 bits per heavy atom. The first-order valence-electron chi connectivity index (χ1n) is 5.46. The Hall–Kier alpha value is -1.45. The van der Waals surface area contributed by atoms with E-state index in [0.29, 0.717) is 11.1 Å². The summed E-state index contributed by atoms with van der Waals surface area (Å²) in [6.07, 6.45) is 0. The normalized spacial score (nSPS) is 12.5. The zero-order valence-corrected chi connectivity index (χ0v) is 10.5. The van der Waals surface area contributed by atoms with Crippen molar-refractivity contribution in [2.24, 2.45) is 5.73 Å². The minimum absolute atomic E-state index is 0.227. The number of halogens is 3. The van der Waals surface area contributed by atoms with Crippen LogP contribution < -0.4 is 5.73 Å². The molecule has 18 heavy (non-hydrogen) atoms. The van der Waals surface area contributed by atoms with Gasteiger partial charge in [-0.1, -0.05) is 29.8 Å². The molecule has 1 unspecified atom stereocenters. The summed E-state index contributed by atoms with van der Waals surface area (Å²) in [5.41, 5.74) is 7.31. The molecule has 94 valence electrons. The summed E-state index contributed by atoms with van der Waals surface area (Å²) >= 11 is 5.95. The lowest BCUT2D eigenvalue weighted by Crippen LogP contribution is -2.14. The molecule has 0 aliphatic heterocycles. The lowest BCUT2D eigenvalue weighted by molar-refractivity contribution is 0.598. The third-order valence-electron chi connectivity index (χ3n) is 2.85. The maximum Gasteiger partial charge on any atom is 0.129 e. The van der Waals surface area contributed by atoms with Gasteiger partial charge in [-0.3, -0.25) is 0 Å². The van der Waals surface area contributed by atoms with Gasteiger partial charge in [-0.15, -0.1) is 0 Å². The molecule has 2 rings (SSSR count). The monoisotopic (exact) mass is 267 g/mol. The van der Waals surface area contributed by atoms with Gasteiger partial charge in [0.15, 0.2) is 0 Å². The Balaban J connectivity index is 2.48. The van der Waals surface area contributed by atoms with Gasteiger partial charge in [0.05, 0.1) is 6.04 Å². The molecule has 2 aromatic carbocycles. The number of nitrogens with two attached hydrogens (primary N) is 1. The summed E-state index contributed by atoms with van der Waals surface area (Å²) in [5, 5.41) is 0.268. The molecule has 0 fully saturated rings. The Labute approximate surface area is 109 Å². The van der Waals surface area contributed by atoms with Crippen LogP contribution in [0, 0.1) is 18.6 Å². The van der Waals surface area contributed by atoms with Crippen molar-refractivity contribution in [3.8, 4) is 0 Å². The maximum absolute atomic E-state index is 13.7. The minimum atomic E-state index is -0.710. The minimum Gasteiger partial charge on any atom is -0.320 e. The van der Waals surface area contributed by atoms with Gasteiger partial charge in [-0.25, -0.2) is 8.78 Å². The summed E-state index contributed by atoms with van der Waals surface area (Å²) in [6.45, 7) is 1.63. The molecule has 0 bridgehead atoms. The molecule has 0 aliphatic rings. The van der Waals surface area contributed by atoms with Crippen molar-refractivity contribution in [3.05, 3.63) is 69.7 Å². The van der Waals surface area contributed by atoms with Gasteiger partial charge in [-0.2, -0.15) is 0 Å². The van der Waals surface area contributed by atoms with Crippen LogP contribution in [0.2, 0.25) is 5.02 Å². The molecule has 4 heteroatoms. The van der Waals surface area contributed by atoms with Crippen molar-refractivity contribution in [2.75, 3.05) is 0 Å². The fourth-order valence-electron chi connectivity index (χ4n) is 1.84. The predicted octanol–water partition coefficient (Wildman–Crippen LogP) is 3.97. The van der Waals surface area contributed by atoms with Gasteiger partial charge in [0.2, 0.25) is 0 Å². The molecule has 0 aliphatic carbocycles. The van der Waals surface area contributed by atoms with Crippen LogP contribution in [0.5, 0.6) is 0 Å². The van der Waals surface area contributed by atoms with Crippen LogP contribution in [0.3, 0.4) is 0 Å². The number of benzene rings is 2. The zero-order chi connectivity index (χ0) is 13.3. The van der Waals surface area contributed by atoms with Crippen LogP contribution in [0.1, 0.15) is 22.7 Å². The standard InChI is InChI=1S/C14H12ClF2N/c1-8-7-9(5-6-11(8)16)14(18)13-10(15)3-2-4-12(13)17/h2-7,14H,18H2,1H3. The molecule has 1 nitrogen and oxygen atoms in total. The van der Waals surface area contributed by atoms with Gasteiger partial charge in [0.25, 0.3) is 0 Å². The lowest BCUT2D eigenvalue weighted by atomic mass is 9.97. The van der Waals surface area contributed by atoms with Crippen LogP contribution in [0.15, 0.2) is 36.4 Å². The summed E-state index contributed by atoms with van der Waals surface area (Å²) in [5.74, 6) is -0.775. The molecule has 0 radical (unpaired) electrons. The largest absolute Gasteiger partial charge is 0.320 e. The fourth-order valence-corrected chi connectivity index (χ4v) is 2.12. The second kappa shape index (κ2) is 5.04.